The van der Waals surface area contributed by atoms with Crippen molar-refractivity contribution in [2.75, 3.05) is 20.7 Å². The van der Waals surface area contributed by atoms with Gasteiger partial charge in [0, 0.05) is 12.6 Å². The zero-order chi connectivity index (χ0) is 21.0. The fraction of sp³-hybridized carbons (Fsp3) is 0.227. The second kappa shape index (κ2) is 8.87. The summed E-state index contributed by atoms with van der Waals surface area (Å²) in [5, 5.41) is 0.254. The van der Waals surface area contributed by atoms with Crippen molar-refractivity contribution < 1.29 is 19.1 Å². The summed E-state index contributed by atoms with van der Waals surface area (Å²) in [6, 6.07) is 15.6. The Bertz CT molecular complexity index is 969. The molecule has 2 aromatic rings. The summed E-state index contributed by atoms with van der Waals surface area (Å²) in [4.78, 5) is 27.2. The Kier molecular flexibility index (Phi) is 6.29. The normalized spacial score (nSPS) is 15.2. The summed E-state index contributed by atoms with van der Waals surface area (Å²) in [5.41, 5.74) is 3.36. The van der Waals surface area contributed by atoms with Crippen LogP contribution in [0.15, 0.2) is 54.2 Å². The third-order valence-electron chi connectivity index (χ3n) is 4.58. The first kappa shape index (κ1) is 20.5. The van der Waals surface area contributed by atoms with E-state index in [2.05, 4.69) is 4.74 Å². The number of rotatable bonds is 6. The molecule has 1 aliphatic rings. The van der Waals surface area contributed by atoms with Crippen molar-refractivity contribution in [2.24, 2.45) is 0 Å². The zero-order valence-corrected chi connectivity index (χ0v) is 17.4. The van der Waals surface area contributed by atoms with Crippen molar-refractivity contribution in [2.45, 2.75) is 13.5 Å². The molecule has 0 aromatic heterocycles. The first-order valence-electron chi connectivity index (χ1n) is 9.06. The molecule has 0 aliphatic carbocycles. The monoisotopic (exact) mass is 410 g/mol. The lowest BCUT2D eigenvalue weighted by molar-refractivity contribution is -0.143. The van der Waals surface area contributed by atoms with Crippen molar-refractivity contribution in [3.8, 4) is 5.75 Å². The summed E-state index contributed by atoms with van der Waals surface area (Å²) in [7, 11) is 2.97. The fourth-order valence-electron chi connectivity index (χ4n) is 2.87. The number of carbonyl (C=O) groups is 2. The number of ether oxygens (including phenoxy) is 2. The van der Waals surface area contributed by atoms with Gasteiger partial charge in [0.05, 0.1) is 7.11 Å². The Balaban J connectivity index is 1.82. The SMILES string of the molecule is COC(=O)CN1C(=O)/C(=C/c2ccccc2OCc2ccc(C)cc2)N(C)C1=S. The number of para-hydroxylation sites is 1. The summed E-state index contributed by atoms with van der Waals surface area (Å²) in [5.74, 6) is -0.229. The molecule has 3 rings (SSSR count). The molecule has 1 fully saturated rings. The minimum atomic E-state index is -0.530. The highest BCUT2D eigenvalue weighted by atomic mass is 32.1. The molecule has 0 atom stereocenters. The number of methoxy groups -OCH3 is 1. The van der Waals surface area contributed by atoms with Gasteiger partial charge in [0.25, 0.3) is 5.91 Å². The maximum atomic E-state index is 12.8. The quantitative estimate of drug-likeness (QED) is 0.414. The molecule has 0 N–H and O–H groups in total. The standard InChI is InChI=1S/C22H22N2O4S/c1-15-8-10-16(11-9-15)14-28-19-7-5-4-6-17(19)12-18-21(26)24(13-20(25)27-3)22(29)23(18)2/h4-12H,13-14H2,1-3H3/b18-12-. The predicted octanol–water partition coefficient (Wildman–Crippen LogP) is 3.15. The van der Waals surface area contributed by atoms with E-state index in [-0.39, 0.29) is 17.6 Å². The molecule has 7 heteroatoms. The van der Waals surface area contributed by atoms with Crippen molar-refractivity contribution in [3.63, 3.8) is 0 Å². The van der Waals surface area contributed by atoms with E-state index < -0.39 is 5.97 Å². The number of benzene rings is 2. The van der Waals surface area contributed by atoms with Crippen molar-refractivity contribution in [1.29, 1.82) is 0 Å². The Labute approximate surface area is 175 Å². The Morgan fingerprint density at radius 1 is 1.14 bits per heavy atom. The Morgan fingerprint density at radius 3 is 2.52 bits per heavy atom. The van der Waals surface area contributed by atoms with Gasteiger partial charge in [-0.2, -0.15) is 0 Å². The molecular formula is C22H22N2O4S. The number of amides is 1. The van der Waals surface area contributed by atoms with E-state index in [1.807, 2.05) is 55.5 Å². The van der Waals surface area contributed by atoms with Gasteiger partial charge in [0.15, 0.2) is 5.11 Å². The topological polar surface area (TPSA) is 59.1 Å². The predicted molar refractivity (Wildman–Crippen MR) is 114 cm³/mol. The minimum Gasteiger partial charge on any atom is -0.488 e. The van der Waals surface area contributed by atoms with Crippen LogP contribution < -0.4 is 4.74 Å². The van der Waals surface area contributed by atoms with Gasteiger partial charge in [-0.15, -0.1) is 0 Å². The molecule has 2 aromatic carbocycles. The molecule has 1 amide bonds. The summed E-state index contributed by atoms with van der Waals surface area (Å²) in [6.45, 7) is 2.23. The first-order chi connectivity index (χ1) is 13.9. The Hall–Kier alpha value is -3.19. The third kappa shape index (κ3) is 4.63. The zero-order valence-electron chi connectivity index (χ0n) is 16.5. The van der Waals surface area contributed by atoms with Gasteiger partial charge in [0.1, 0.15) is 24.6 Å². The minimum absolute atomic E-state index is 0.221. The summed E-state index contributed by atoms with van der Waals surface area (Å²) >= 11 is 5.31. The number of likely N-dealkylation sites (N-methyl/N-ethyl adjacent to an activating group) is 1. The molecule has 1 aliphatic heterocycles. The van der Waals surface area contributed by atoms with Crippen LogP contribution in [-0.4, -0.2) is 47.5 Å². The molecule has 0 unspecified atom stereocenters. The average molecular weight is 410 g/mol. The Morgan fingerprint density at radius 2 is 1.83 bits per heavy atom. The molecule has 0 radical (unpaired) electrons. The van der Waals surface area contributed by atoms with Crippen LogP contribution in [-0.2, 0) is 20.9 Å². The third-order valence-corrected chi connectivity index (χ3v) is 5.08. The van der Waals surface area contributed by atoms with Crippen LogP contribution in [0.25, 0.3) is 6.08 Å². The molecule has 150 valence electrons. The lowest BCUT2D eigenvalue weighted by atomic mass is 10.1. The van der Waals surface area contributed by atoms with Crippen LogP contribution in [0.1, 0.15) is 16.7 Å². The van der Waals surface area contributed by atoms with Crippen molar-refractivity contribution in [1.82, 2.24) is 9.80 Å². The largest absolute Gasteiger partial charge is 0.488 e. The smallest absolute Gasteiger partial charge is 0.325 e. The van der Waals surface area contributed by atoms with E-state index in [0.717, 1.165) is 11.1 Å². The van der Waals surface area contributed by atoms with Crippen LogP contribution in [0.2, 0.25) is 0 Å². The van der Waals surface area contributed by atoms with Crippen molar-refractivity contribution in [3.05, 3.63) is 70.9 Å². The number of aryl methyl sites for hydroxylation is 1. The number of hydrogen-bond donors (Lipinski definition) is 0. The maximum absolute atomic E-state index is 12.8. The molecule has 29 heavy (non-hydrogen) atoms. The van der Waals surface area contributed by atoms with E-state index in [4.69, 9.17) is 17.0 Å². The number of hydrogen-bond acceptors (Lipinski definition) is 5. The molecular weight excluding hydrogens is 388 g/mol. The number of nitrogens with zero attached hydrogens (tertiary/aromatic N) is 2. The van der Waals surface area contributed by atoms with Gasteiger partial charge in [0.2, 0.25) is 0 Å². The first-order valence-corrected chi connectivity index (χ1v) is 9.47. The van der Waals surface area contributed by atoms with Gasteiger partial charge in [-0.25, -0.2) is 0 Å². The van der Waals surface area contributed by atoms with Crippen LogP contribution >= 0.6 is 12.2 Å². The number of esters is 1. The number of thiocarbonyl (C=S) groups is 1. The van der Waals surface area contributed by atoms with Crippen LogP contribution in [0.5, 0.6) is 5.75 Å². The molecule has 0 bridgehead atoms. The van der Waals surface area contributed by atoms with E-state index in [0.29, 0.717) is 18.1 Å². The number of carbonyl (C=O) groups excluding carboxylic acids is 2. The second-order valence-electron chi connectivity index (χ2n) is 6.65. The van der Waals surface area contributed by atoms with Crippen molar-refractivity contribution >= 4 is 35.3 Å². The van der Waals surface area contributed by atoms with E-state index in [9.17, 15) is 9.59 Å². The van der Waals surface area contributed by atoms with E-state index in [1.54, 1.807) is 18.0 Å². The highest BCUT2D eigenvalue weighted by Gasteiger charge is 2.37. The molecule has 6 nitrogen and oxygen atoms in total. The molecule has 0 saturated carbocycles. The van der Waals surface area contributed by atoms with E-state index in [1.165, 1.54) is 17.6 Å². The second-order valence-corrected chi connectivity index (χ2v) is 7.02. The van der Waals surface area contributed by atoms with E-state index >= 15 is 0 Å². The van der Waals surface area contributed by atoms with Crippen LogP contribution in [0.3, 0.4) is 0 Å². The van der Waals surface area contributed by atoms with Gasteiger partial charge < -0.3 is 14.4 Å². The fourth-order valence-corrected chi connectivity index (χ4v) is 3.11. The molecule has 0 spiro atoms. The molecule has 1 heterocycles. The highest BCUT2D eigenvalue weighted by Crippen LogP contribution is 2.27. The van der Waals surface area contributed by atoms with Gasteiger partial charge in [-0.3, -0.25) is 14.5 Å². The summed E-state index contributed by atoms with van der Waals surface area (Å²) < 4.78 is 10.6. The van der Waals surface area contributed by atoms with Crippen LogP contribution in [0, 0.1) is 6.92 Å². The van der Waals surface area contributed by atoms with Crippen LogP contribution in [0.4, 0.5) is 0 Å². The lowest BCUT2D eigenvalue weighted by Crippen LogP contribution is -2.36. The highest BCUT2D eigenvalue weighted by molar-refractivity contribution is 7.80. The maximum Gasteiger partial charge on any atom is 0.325 e. The molecule has 1 saturated heterocycles. The average Bonchev–Trinajstić information content (AvgIpc) is 2.92. The summed E-state index contributed by atoms with van der Waals surface area (Å²) in [6.07, 6.45) is 1.72. The lowest BCUT2D eigenvalue weighted by Gasteiger charge is -2.14. The van der Waals surface area contributed by atoms with Gasteiger partial charge in [-0.1, -0.05) is 48.0 Å². The van der Waals surface area contributed by atoms with Gasteiger partial charge in [-0.05, 0) is 36.8 Å². The van der Waals surface area contributed by atoms with Gasteiger partial charge >= 0.3 is 5.97 Å².